The lowest BCUT2D eigenvalue weighted by atomic mass is 10.0. The first-order valence-electron chi connectivity index (χ1n) is 5.13. The van der Waals surface area contributed by atoms with Crippen LogP contribution in [0.1, 0.15) is 34.8 Å². The highest BCUT2D eigenvalue weighted by Crippen LogP contribution is 2.35. The lowest BCUT2D eigenvalue weighted by Crippen LogP contribution is -2.09. The van der Waals surface area contributed by atoms with Gasteiger partial charge >= 0.3 is 5.97 Å². The van der Waals surface area contributed by atoms with Gasteiger partial charge in [0.25, 0.3) is 6.43 Å². The molecule has 0 fully saturated rings. The van der Waals surface area contributed by atoms with Crippen molar-refractivity contribution >= 4 is 5.97 Å². The molecule has 1 rings (SSSR count). The van der Waals surface area contributed by atoms with Crippen molar-refractivity contribution in [3.8, 4) is 11.8 Å². The van der Waals surface area contributed by atoms with E-state index in [1.165, 1.54) is 6.07 Å². The van der Waals surface area contributed by atoms with Crippen LogP contribution in [0.2, 0.25) is 0 Å². The predicted molar refractivity (Wildman–Crippen MR) is 58.6 cm³/mol. The zero-order valence-corrected chi connectivity index (χ0v) is 9.87. The van der Waals surface area contributed by atoms with E-state index in [0.717, 1.165) is 13.2 Å². The standard InChI is InChI=1S/C12H11F2NO3/c1-3-18-12(16)8-5-4-7(6-15)9(11(13)14)10(8)17-2/h4-5,11H,3H2,1-2H3. The molecular weight excluding hydrogens is 244 g/mol. The van der Waals surface area contributed by atoms with Crippen molar-refractivity contribution in [3.05, 3.63) is 28.8 Å². The number of ether oxygens (including phenoxy) is 2. The number of halogens is 2. The molecule has 0 aliphatic heterocycles. The Hall–Kier alpha value is -2.16. The van der Waals surface area contributed by atoms with Crippen LogP contribution >= 0.6 is 0 Å². The fourth-order valence-corrected chi connectivity index (χ4v) is 1.50. The van der Waals surface area contributed by atoms with E-state index in [1.807, 2.05) is 0 Å². The monoisotopic (exact) mass is 255 g/mol. The summed E-state index contributed by atoms with van der Waals surface area (Å²) in [4.78, 5) is 11.6. The van der Waals surface area contributed by atoms with Crippen LogP contribution in [-0.4, -0.2) is 19.7 Å². The summed E-state index contributed by atoms with van der Waals surface area (Å²) in [5.41, 5.74) is -0.936. The lowest BCUT2D eigenvalue weighted by molar-refractivity contribution is 0.0521. The molecule has 1 aromatic carbocycles. The highest BCUT2D eigenvalue weighted by molar-refractivity contribution is 5.93. The van der Waals surface area contributed by atoms with E-state index in [4.69, 9.17) is 14.7 Å². The van der Waals surface area contributed by atoms with E-state index in [9.17, 15) is 13.6 Å². The number of methoxy groups -OCH3 is 1. The molecule has 1 aromatic rings. The Bertz CT molecular complexity index is 495. The number of benzene rings is 1. The smallest absolute Gasteiger partial charge is 0.341 e. The third-order valence-corrected chi connectivity index (χ3v) is 2.23. The highest BCUT2D eigenvalue weighted by atomic mass is 19.3. The highest BCUT2D eigenvalue weighted by Gasteiger charge is 2.25. The Balaban J connectivity index is 3.43. The van der Waals surface area contributed by atoms with Gasteiger partial charge in [-0.3, -0.25) is 0 Å². The summed E-state index contributed by atoms with van der Waals surface area (Å²) in [5, 5.41) is 8.77. The fraction of sp³-hybridized carbons (Fsp3) is 0.333. The molecule has 0 aromatic heterocycles. The van der Waals surface area contributed by atoms with Crippen LogP contribution in [0, 0.1) is 11.3 Å². The summed E-state index contributed by atoms with van der Waals surface area (Å²) in [6.07, 6.45) is -2.91. The number of carbonyl (C=O) groups is 1. The Labute approximate surface area is 103 Å². The molecular formula is C12H11F2NO3. The maximum atomic E-state index is 12.9. The van der Waals surface area contributed by atoms with Crippen molar-refractivity contribution < 1.29 is 23.0 Å². The van der Waals surface area contributed by atoms with Gasteiger partial charge in [0, 0.05) is 0 Å². The third-order valence-electron chi connectivity index (χ3n) is 2.23. The number of carbonyl (C=O) groups excluding carboxylic acids is 1. The van der Waals surface area contributed by atoms with Gasteiger partial charge in [0.05, 0.1) is 30.9 Å². The molecule has 0 N–H and O–H groups in total. The summed E-state index contributed by atoms with van der Waals surface area (Å²) in [7, 11) is 1.16. The first-order chi connectivity index (χ1) is 8.56. The van der Waals surface area contributed by atoms with Crippen LogP contribution in [0.25, 0.3) is 0 Å². The topological polar surface area (TPSA) is 59.3 Å². The number of nitriles is 1. The van der Waals surface area contributed by atoms with Crippen LogP contribution in [0.15, 0.2) is 12.1 Å². The molecule has 0 radical (unpaired) electrons. The van der Waals surface area contributed by atoms with Crippen LogP contribution in [0.5, 0.6) is 5.75 Å². The second-order valence-corrected chi connectivity index (χ2v) is 3.24. The molecule has 0 amide bonds. The SMILES string of the molecule is CCOC(=O)c1ccc(C#N)c(C(F)F)c1OC. The molecule has 96 valence electrons. The summed E-state index contributed by atoms with van der Waals surface area (Å²) in [6, 6.07) is 4.02. The molecule has 0 saturated carbocycles. The first kappa shape index (κ1) is 13.9. The lowest BCUT2D eigenvalue weighted by Gasteiger charge is -2.13. The average Bonchev–Trinajstić information content (AvgIpc) is 2.36. The quantitative estimate of drug-likeness (QED) is 0.776. The number of nitrogens with zero attached hydrogens (tertiary/aromatic N) is 1. The molecule has 0 atom stereocenters. The minimum atomic E-state index is -2.91. The van der Waals surface area contributed by atoms with Gasteiger partial charge in [0.1, 0.15) is 11.3 Å². The van der Waals surface area contributed by atoms with Gasteiger partial charge in [0.15, 0.2) is 0 Å². The number of hydrogen-bond donors (Lipinski definition) is 0. The molecule has 0 aliphatic carbocycles. The Kier molecular flexibility index (Phi) is 4.60. The van der Waals surface area contributed by atoms with E-state index in [-0.39, 0.29) is 23.5 Å². The first-order valence-corrected chi connectivity index (χ1v) is 5.13. The Morgan fingerprint density at radius 2 is 2.17 bits per heavy atom. The van der Waals surface area contributed by atoms with E-state index in [0.29, 0.717) is 0 Å². The van der Waals surface area contributed by atoms with Crippen LogP contribution < -0.4 is 4.74 Å². The van der Waals surface area contributed by atoms with Gasteiger partial charge in [-0.15, -0.1) is 0 Å². The maximum Gasteiger partial charge on any atom is 0.341 e. The molecule has 0 bridgehead atoms. The summed E-state index contributed by atoms with van der Waals surface area (Å²) in [5.74, 6) is -1.08. The molecule has 0 aliphatic rings. The van der Waals surface area contributed by atoms with Crippen molar-refractivity contribution in [2.24, 2.45) is 0 Å². The van der Waals surface area contributed by atoms with Crippen molar-refractivity contribution in [2.75, 3.05) is 13.7 Å². The largest absolute Gasteiger partial charge is 0.495 e. The van der Waals surface area contributed by atoms with E-state index in [1.54, 1.807) is 13.0 Å². The van der Waals surface area contributed by atoms with E-state index in [2.05, 4.69) is 0 Å². The minimum absolute atomic E-state index is 0.117. The van der Waals surface area contributed by atoms with Gasteiger partial charge in [-0.1, -0.05) is 0 Å². The third kappa shape index (κ3) is 2.56. The molecule has 0 saturated heterocycles. The number of alkyl halides is 2. The van der Waals surface area contributed by atoms with Crippen molar-refractivity contribution in [3.63, 3.8) is 0 Å². The van der Waals surface area contributed by atoms with Gasteiger partial charge in [-0.25, -0.2) is 13.6 Å². The Morgan fingerprint density at radius 3 is 2.61 bits per heavy atom. The molecule has 0 heterocycles. The van der Waals surface area contributed by atoms with Crippen LogP contribution in [0.3, 0.4) is 0 Å². The second-order valence-electron chi connectivity index (χ2n) is 3.24. The van der Waals surface area contributed by atoms with Crippen molar-refractivity contribution in [1.29, 1.82) is 5.26 Å². The van der Waals surface area contributed by atoms with E-state index < -0.39 is 18.0 Å². The second kappa shape index (κ2) is 5.96. The summed E-state index contributed by atoms with van der Waals surface area (Å²) < 4.78 is 35.4. The van der Waals surface area contributed by atoms with Gasteiger partial charge in [0.2, 0.25) is 0 Å². The minimum Gasteiger partial charge on any atom is -0.495 e. The number of hydrogen-bond acceptors (Lipinski definition) is 4. The zero-order chi connectivity index (χ0) is 13.7. The zero-order valence-electron chi connectivity index (χ0n) is 9.87. The van der Waals surface area contributed by atoms with Crippen molar-refractivity contribution in [2.45, 2.75) is 13.3 Å². The van der Waals surface area contributed by atoms with Gasteiger partial charge in [-0.05, 0) is 19.1 Å². The molecule has 0 unspecified atom stereocenters. The number of esters is 1. The Morgan fingerprint density at radius 1 is 1.50 bits per heavy atom. The number of rotatable bonds is 4. The summed E-state index contributed by atoms with van der Waals surface area (Å²) >= 11 is 0. The van der Waals surface area contributed by atoms with Crippen LogP contribution in [0.4, 0.5) is 8.78 Å². The normalized spacial score (nSPS) is 10.0. The molecule has 0 spiro atoms. The van der Waals surface area contributed by atoms with Crippen molar-refractivity contribution in [1.82, 2.24) is 0 Å². The summed E-state index contributed by atoms with van der Waals surface area (Å²) in [6.45, 7) is 1.72. The van der Waals surface area contributed by atoms with Crippen LogP contribution in [-0.2, 0) is 4.74 Å². The van der Waals surface area contributed by atoms with E-state index >= 15 is 0 Å². The van der Waals surface area contributed by atoms with Gasteiger partial charge in [-0.2, -0.15) is 5.26 Å². The molecule has 6 heteroatoms. The average molecular weight is 255 g/mol. The fourth-order valence-electron chi connectivity index (χ4n) is 1.50. The van der Waals surface area contributed by atoms with Gasteiger partial charge < -0.3 is 9.47 Å². The molecule has 18 heavy (non-hydrogen) atoms. The predicted octanol–water partition coefficient (Wildman–Crippen LogP) is 2.68. The maximum absolute atomic E-state index is 12.9. The molecule has 4 nitrogen and oxygen atoms in total.